The topological polar surface area (TPSA) is 146 Å². The quantitative estimate of drug-likeness (QED) is 0.293. The molecule has 9 nitrogen and oxygen atoms in total. The van der Waals surface area contributed by atoms with E-state index >= 15 is 0 Å². The zero-order valence-corrected chi connectivity index (χ0v) is 19.8. The molecule has 0 saturated heterocycles. The minimum atomic E-state index is -2.27. The van der Waals surface area contributed by atoms with Crippen LogP contribution in [0.1, 0.15) is 23.6 Å². The van der Waals surface area contributed by atoms with Crippen molar-refractivity contribution in [3.63, 3.8) is 0 Å². The molecule has 3 atom stereocenters. The smallest absolute Gasteiger partial charge is 0.335 e. The largest absolute Gasteiger partial charge is 0.497 e. The third kappa shape index (κ3) is 7.96. The van der Waals surface area contributed by atoms with Crippen LogP contribution in [0.3, 0.4) is 0 Å². The van der Waals surface area contributed by atoms with Crippen molar-refractivity contribution in [2.45, 2.75) is 31.6 Å². The first-order chi connectivity index (χ1) is 16.7. The van der Waals surface area contributed by atoms with Crippen LogP contribution in [0.2, 0.25) is 0 Å². The van der Waals surface area contributed by atoms with Crippen LogP contribution >= 0.6 is 0 Å². The first kappa shape index (κ1) is 27.6. The number of benzene rings is 3. The maximum absolute atomic E-state index is 9.77. The van der Waals surface area contributed by atoms with Crippen LogP contribution < -0.4 is 14.8 Å². The monoisotopic (exact) mass is 485 g/mol. The summed E-state index contributed by atoms with van der Waals surface area (Å²) in [6, 6.07) is 21.1. The lowest BCUT2D eigenvalue weighted by Gasteiger charge is -2.18. The van der Waals surface area contributed by atoms with Crippen molar-refractivity contribution < 1.29 is 39.5 Å². The van der Waals surface area contributed by atoms with Gasteiger partial charge in [0.2, 0.25) is 0 Å². The lowest BCUT2D eigenvalue weighted by atomic mass is 10.0. The Morgan fingerprint density at radius 1 is 0.943 bits per heavy atom. The van der Waals surface area contributed by atoms with Crippen LogP contribution in [0, 0.1) is 6.92 Å². The van der Waals surface area contributed by atoms with Gasteiger partial charge in [0, 0.05) is 17.8 Å². The van der Waals surface area contributed by atoms with E-state index in [2.05, 4.69) is 54.7 Å². The molecular weight excluding hydrogens is 454 g/mol. The number of carbonyl (C=O) groups is 2. The zero-order chi connectivity index (χ0) is 26.0. The predicted octanol–water partition coefficient (Wildman–Crippen LogP) is 2.76. The average molecular weight is 486 g/mol. The van der Waals surface area contributed by atoms with Crippen molar-refractivity contribution in [3.05, 3.63) is 71.8 Å². The molecule has 5 N–H and O–H groups in total. The molecule has 188 valence electrons. The van der Waals surface area contributed by atoms with Crippen molar-refractivity contribution in [1.29, 1.82) is 0 Å². The van der Waals surface area contributed by atoms with E-state index in [-0.39, 0.29) is 6.04 Å². The Hall–Kier alpha value is -3.66. The summed E-state index contributed by atoms with van der Waals surface area (Å²) in [6.45, 7) is 2.77. The molecule has 3 aromatic carbocycles. The summed E-state index contributed by atoms with van der Waals surface area (Å²) < 4.78 is 11.3. The Bertz CT molecular complexity index is 1100. The number of hydrogen-bond donors (Lipinski definition) is 5. The summed E-state index contributed by atoms with van der Waals surface area (Å²) in [5.41, 5.74) is 2.50. The highest BCUT2D eigenvalue weighted by Crippen LogP contribution is 2.27. The highest BCUT2D eigenvalue weighted by atomic mass is 16.5. The number of methoxy groups -OCH3 is 1. The van der Waals surface area contributed by atoms with Gasteiger partial charge in [0.1, 0.15) is 11.5 Å². The number of ether oxygens (including phenoxy) is 2. The zero-order valence-electron chi connectivity index (χ0n) is 19.8. The van der Waals surface area contributed by atoms with Crippen molar-refractivity contribution in [1.82, 2.24) is 5.32 Å². The second-order valence-corrected chi connectivity index (χ2v) is 7.80. The number of aliphatic hydroxyl groups excluding tert-OH is 2. The molecule has 0 fully saturated rings. The van der Waals surface area contributed by atoms with E-state index < -0.39 is 24.1 Å². The summed E-state index contributed by atoms with van der Waals surface area (Å²) in [7, 11) is 3.67. The molecule has 0 spiro atoms. The third-order valence-corrected chi connectivity index (χ3v) is 5.33. The van der Waals surface area contributed by atoms with E-state index in [1.54, 1.807) is 7.11 Å². The number of carboxylic acids is 2. The van der Waals surface area contributed by atoms with Gasteiger partial charge in [0.05, 0.1) is 13.7 Å². The first-order valence-corrected chi connectivity index (χ1v) is 10.9. The normalized spacial score (nSPS) is 13.2. The molecule has 0 aromatic heterocycles. The number of aryl methyl sites for hydroxylation is 1. The molecule has 0 aliphatic rings. The Morgan fingerprint density at radius 3 is 2.11 bits per heavy atom. The van der Waals surface area contributed by atoms with Gasteiger partial charge < -0.3 is 35.2 Å². The molecule has 9 heteroatoms. The van der Waals surface area contributed by atoms with E-state index in [0.29, 0.717) is 6.61 Å². The van der Waals surface area contributed by atoms with Gasteiger partial charge in [0.15, 0.2) is 12.2 Å². The molecule has 3 rings (SSSR count). The van der Waals surface area contributed by atoms with Gasteiger partial charge in [-0.25, -0.2) is 9.59 Å². The Morgan fingerprint density at radius 2 is 1.57 bits per heavy atom. The van der Waals surface area contributed by atoms with Crippen LogP contribution in [0.5, 0.6) is 11.5 Å². The second kappa shape index (κ2) is 13.3. The lowest BCUT2D eigenvalue weighted by molar-refractivity contribution is -0.165. The molecule has 0 amide bonds. The van der Waals surface area contributed by atoms with Gasteiger partial charge in [-0.3, -0.25) is 0 Å². The SMILES string of the molecule is CNC(CCOc1cccc2cc(C)ccc12)c1ccc(OC)cc1.O=C(O)C(O)C(O)C(=O)O. The Labute approximate surface area is 203 Å². The number of aliphatic hydroxyl groups is 2. The molecule has 0 aliphatic heterocycles. The van der Waals surface area contributed by atoms with Crippen LogP contribution in [0.15, 0.2) is 60.7 Å². The van der Waals surface area contributed by atoms with E-state index in [1.807, 2.05) is 25.2 Å². The van der Waals surface area contributed by atoms with Gasteiger partial charge in [0.25, 0.3) is 0 Å². The highest BCUT2D eigenvalue weighted by Gasteiger charge is 2.29. The minimum absolute atomic E-state index is 0.253. The van der Waals surface area contributed by atoms with Crippen molar-refractivity contribution in [2.75, 3.05) is 20.8 Å². The summed E-state index contributed by atoms with van der Waals surface area (Å²) >= 11 is 0. The van der Waals surface area contributed by atoms with Gasteiger partial charge >= 0.3 is 11.9 Å². The second-order valence-electron chi connectivity index (χ2n) is 7.80. The molecule has 0 bridgehead atoms. The van der Waals surface area contributed by atoms with Gasteiger partial charge in [-0.2, -0.15) is 0 Å². The van der Waals surface area contributed by atoms with E-state index in [0.717, 1.165) is 17.9 Å². The number of carboxylic acid groups (broad SMARTS) is 2. The molecule has 0 aliphatic carbocycles. The average Bonchev–Trinajstić information content (AvgIpc) is 2.86. The lowest BCUT2D eigenvalue weighted by Crippen LogP contribution is -2.39. The number of fused-ring (bicyclic) bond motifs is 1. The molecule has 35 heavy (non-hydrogen) atoms. The van der Waals surface area contributed by atoms with Crippen molar-refractivity contribution in [2.24, 2.45) is 0 Å². The standard InChI is InChI=1S/C22H25NO2.C4H6O6/c1-16-7-12-20-18(15-16)5-4-6-22(20)25-14-13-21(23-2)17-8-10-19(24-3)11-9-17;5-1(3(7)8)2(6)4(9)10/h4-12,15,21,23H,13-14H2,1-3H3;1-2,5-6H,(H,7,8)(H,9,10). The summed E-state index contributed by atoms with van der Waals surface area (Å²) in [5.74, 6) is -1.72. The van der Waals surface area contributed by atoms with Crippen LogP contribution in [0.25, 0.3) is 10.8 Å². The first-order valence-electron chi connectivity index (χ1n) is 10.9. The van der Waals surface area contributed by atoms with Gasteiger partial charge in [-0.15, -0.1) is 0 Å². The van der Waals surface area contributed by atoms with Crippen molar-refractivity contribution in [3.8, 4) is 11.5 Å². The fourth-order valence-electron chi connectivity index (χ4n) is 3.37. The van der Waals surface area contributed by atoms with Gasteiger partial charge in [-0.05, 0) is 43.1 Å². The maximum Gasteiger partial charge on any atom is 0.335 e. The molecule has 3 unspecified atom stereocenters. The highest BCUT2D eigenvalue weighted by molar-refractivity contribution is 5.88. The maximum atomic E-state index is 9.77. The molecule has 0 saturated carbocycles. The van der Waals surface area contributed by atoms with Crippen LogP contribution in [-0.4, -0.2) is 65.3 Å². The Kier molecular flexibility index (Phi) is 10.5. The predicted molar refractivity (Wildman–Crippen MR) is 131 cm³/mol. The number of nitrogens with one attached hydrogen (secondary N) is 1. The number of rotatable bonds is 10. The minimum Gasteiger partial charge on any atom is -0.497 e. The van der Waals surface area contributed by atoms with Gasteiger partial charge in [-0.1, -0.05) is 48.0 Å². The van der Waals surface area contributed by atoms with E-state index in [1.165, 1.54) is 21.9 Å². The third-order valence-electron chi connectivity index (χ3n) is 5.33. The fourth-order valence-corrected chi connectivity index (χ4v) is 3.37. The van der Waals surface area contributed by atoms with Crippen LogP contribution in [-0.2, 0) is 9.59 Å². The Balaban J connectivity index is 0.000000367. The number of aliphatic carboxylic acids is 2. The van der Waals surface area contributed by atoms with E-state index in [9.17, 15) is 9.59 Å². The summed E-state index contributed by atoms with van der Waals surface area (Å²) in [5, 5.41) is 38.3. The van der Waals surface area contributed by atoms with E-state index in [4.69, 9.17) is 29.9 Å². The molecule has 0 radical (unpaired) electrons. The summed E-state index contributed by atoms with van der Waals surface area (Å²) in [4.78, 5) is 19.5. The van der Waals surface area contributed by atoms with Crippen molar-refractivity contribution >= 4 is 22.7 Å². The molecule has 3 aromatic rings. The molecule has 0 heterocycles. The summed E-state index contributed by atoms with van der Waals surface area (Å²) in [6.07, 6.45) is -3.64. The molecular formula is C26H31NO8. The van der Waals surface area contributed by atoms with Crippen LogP contribution in [0.4, 0.5) is 0 Å². The number of hydrogen-bond acceptors (Lipinski definition) is 7. The fraction of sp³-hybridized carbons (Fsp3) is 0.308.